The lowest BCUT2D eigenvalue weighted by Crippen LogP contribution is -2.60. The van der Waals surface area contributed by atoms with Crippen LogP contribution in [0.5, 0.6) is 11.5 Å². The van der Waals surface area contributed by atoms with Crippen molar-refractivity contribution in [2.75, 3.05) is 16.8 Å². The number of para-hydroxylation sites is 4. The number of nitrogens with zero attached hydrogens (tertiary/aromatic N) is 3. The number of ether oxygens (including phenoxy) is 2. The molecule has 0 saturated heterocycles. The Labute approximate surface area is 194 Å². The van der Waals surface area contributed by atoms with Gasteiger partial charge in [-0.15, -0.1) is 10.2 Å². The van der Waals surface area contributed by atoms with E-state index < -0.39 is 16.9 Å². The average Bonchev–Trinajstić information content (AvgIpc) is 3.27. The molecule has 10 heteroatoms. The number of rotatable bonds is 4. The van der Waals surface area contributed by atoms with Crippen molar-refractivity contribution in [1.82, 2.24) is 10.2 Å². The van der Waals surface area contributed by atoms with E-state index in [4.69, 9.17) is 13.9 Å². The number of hydrogen-bond donors (Lipinski definition) is 1. The topological polar surface area (TPSA) is 107 Å². The summed E-state index contributed by atoms with van der Waals surface area (Å²) in [6, 6.07) is 14.6. The van der Waals surface area contributed by atoms with Crippen molar-refractivity contribution in [3.8, 4) is 11.5 Å². The van der Waals surface area contributed by atoms with Crippen LogP contribution in [0.1, 0.15) is 32.8 Å². The van der Waals surface area contributed by atoms with Gasteiger partial charge in [-0.05, 0) is 45.0 Å². The van der Waals surface area contributed by atoms with Crippen LogP contribution in [-0.4, -0.2) is 39.4 Å². The van der Waals surface area contributed by atoms with Gasteiger partial charge < -0.3 is 19.2 Å². The monoisotopic (exact) mass is 466 g/mol. The first kappa shape index (κ1) is 21.3. The van der Waals surface area contributed by atoms with E-state index in [0.29, 0.717) is 22.9 Å². The molecule has 2 aliphatic heterocycles. The first-order valence-electron chi connectivity index (χ1n) is 10.5. The lowest BCUT2D eigenvalue weighted by molar-refractivity contribution is -0.126. The number of amides is 2. The largest absolute Gasteiger partial charge is 0.485 e. The Bertz CT molecular complexity index is 1230. The summed E-state index contributed by atoms with van der Waals surface area (Å²) in [6.07, 6.45) is -0.538. The number of benzene rings is 2. The third-order valence-corrected chi connectivity index (χ3v) is 6.48. The normalized spacial score (nSPS) is 19.4. The number of carbonyl (C=O) groups is 2. The molecule has 170 valence electrons. The molecule has 0 radical (unpaired) electrons. The van der Waals surface area contributed by atoms with Crippen LogP contribution >= 0.6 is 11.8 Å². The third-order valence-electron chi connectivity index (χ3n) is 5.56. The van der Waals surface area contributed by atoms with E-state index in [2.05, 4.69) is 15.5 Å². The molecule has 0 aliphatic carbocycles. The van der Waals surface area contributed by atoms with Crippen LogP contribution in [0, 0.1) is 0 Å². The maximum Gasteiger partial charge on any atom is 0.277 e. The molecule has 5 rings (SSSR count). The van der Waals surface area contributed by atoms with E-state index in [9.17, 15) is 9.59 Å². The van der Waals surface area contributed by atoms with Crippen LogP contribution in [-0.2, 0) is 9.59 Å². The molecule has 1 N–H and O–H groups in total. The van der Waals surface area contributed by atoms with Gasteiger partial charge in [-0.3, -0.25) is 14.5 Å². The SMILES string of the molecule is C[C@H](Sc1nnc([C@H]2COc3ccccc3O2)o1)C(=O)N1c2ccccc2NC(=O)C1(C)C. The van der Waals surface area contributed by atoms with E-state index in [1.54, 1.807) is 26.8 Å². The number of fused-ring (bicyclic) bond motifs is 2. The minimum atomic E-state index is -1.05. The highest BCUT2D eigenvalue weighted by Gasteiger charge is 2.45. The predicted molar refractivity (Wildman–Crippen MR) is 122 cm³/mol. The van der Waals surface area contributed by atoms with Gasteiger partial charge in [-0.1, -0.05) is 36.0 Å². The summed E-state index contributed by atoms with van der Waals surface area (Å²) < 4.78 is 17.4. The van der Waals surface area contributed by atoms with Crippen molar-refractivity contribution in [2.24, 2.45) is 0 Å². The van der Waals surface area contributed by atoms with Crippen LogP contribution in [0.2, 0.25) is 0 Å². The van der Waals surface area contributed by atoms with Crippen LogP contribution < -0.4 is 19.7 Å². The molecule has 2 aliphatic rings. The molecule has 3 aromatic rings. The highest BCUT2D eigenvalue weighted by Crippen LogP contribution is 2.39. The van der Waals surface area contributed by atoms with Crippen LogP contribution in [0.3, 0.4) is 0 Å². The molecular formula is C23H22N4O5S. The van der Waals surface area contributed by atoms with Crippen molar-refractivity contribution in [1.29, 1.82) is 0 Å². The first-order chi connectivity index (χ1) is 15.8. The number of carbonyl (C=O) groups excluding carboxylic acids is 2. The summed E-state index contributed by atoms with van der Waals surface area (Å²) in [7, 11) is 0. The molecule has 2 aromatic carbocycles. The zero-order valence-electron chi connectivity index (χ0n) is 18.3. The molecule has 9 nitrogen and oxygen atoms in total. The number of anilines is 2. The van der Waals surface area contributed by atoms with Gasteiger partial charge >= 0.3 is 0 Å². The molecule has 33 heavy (non-hydrogen) atoms. The molecular weight excluding hydrogens is 444 g/mol. The van der Waals surface area contributed by atoms with Gasteiger partial charge in [0.1, 0.15) is 12.1 Å². The van der Waals surface area contributed by atoms with Gasteiger partial charge in [0.2, 0.25) is 17.9 Å². The van der Waals surface area contributed by atoms with Crippen LogP contribution in [0.25, 0.3) is 0 Å². The maximum atomic E-state index is 13.5. The number of aromatic nitrogens is 2. The Kier molecular flexibility index (Phi) is 5.24. The minimum Gasteiger partial charge on any atom is -0.485 e. The van der Waals surface area contributed by atoms with Crippen molar-refractivity contribution in [3.05, 3.63) is 54.4 Å². The van der Waals surface area contributed by atoms with Gasteiger partial charge in [0.15, 0.2) is 11.5 Å². The Balaban J connectivity index is 1.33. The van der Waals surface area contributed by atoms with Gasteiger partial charge in [0, 0.05) is 0 Å². The molecule has 0 spiro atoms. The van der Waals surface area contributed by atoms with Crippen LogP contribution in [0.4, 0.5) is 11.4 Å². The highest BCUT2D eigenvalue weighted by atomic mass is 32.2. The number of nitrogens with one attached hydrogen (secondary N) is 1. The Hall–Kier alpha value is -3.53. The van der Waals surface area contributed by atoms with Gasteiger partial charge in [0.05, 0.1) is 16.6 Å². The number of hydrogen-bond acceptors (Lipinski definition) is 8. The van der Waals surface area contributed by atoms with Gasteiger partial charge in [-0.2, -0.15) is 0 Å². The van der Waals surface area contributed by atoms with Crippen molar-refractivity contribution in [3.63, 3.8) is 0 Å². The zero-order valence-corrected chi connectivity index (χ0v) is 19.1. The quantitative estimate of drug-likeness (QED) is 0.578. The van der Waals surface area contributed by atoms with Crippen LogP contribution in [0.15, 0.2) is 58.2 Å². The molecule has 2 atom stereocenters. The minimum absolute atomic E-state index is 0.237. The molecule has 0 fully saturated rings. The van der Waals surface area contributed by atoms with Gasteiger partial charge in [-0.25, -0.2) is 0 Å². The third kappa shape index (κ3) is 3.80. The fourth-order valence-electron chi connectivity index (χ4n) is 3.77. The van der Waals surface area contributed by atoms with E-state index in [1.165, 1.54) is 4.90 Å². The molecule has 0 unspecified atom stereocenters. The summed E-state index contributed by atoms with van der Waals surface area (Å²) in [5, 5.41) is 10.7. The standard InChI is InChI=1S/C23H22N4O5S/c1-13(20(28)27-15-9-5-4-8-14(15)24-21(29)23(27,2)3)33-22-26-25-19(32-22)18-12-30-16-10-6-7-11-17(16)31-18/h4-11,13,18H,12H2,1-3H3,(H,24,29)/t13-,18+/m0/s1. The van der Waals surface area contributed by atoms with E-state index in [0.717, 1.165) is 11.8 Å². The van der Waals surface area contributed by atoms with E-state index in [-0.39, 0.29) is 29.5 Å². The summed E-state index contributed by atoms with van der Waals surface area (Å²) in [5.41, 5.74) is 0.195. The summed E-state index contributed by atoms with van der Waals surface area (Å²) >= 11 is 1.13. The van der Waals surface area contributed by atoms with Gasteiger partial charge in [0.25, 0.3) is 11.1 Å². The second kappa shape index (κ2) is 8.11. The summed E-state index contributed by atoms with van der Waals surface area (Å²) in [5.74, 6) is 1.05. The fraction of sp³-hybridized carbons (Fsp3) is 0.304. The van der Waals surface area contributed by atoms with Crippen molar-refractivity contribution in [2.45, 2.75) is 42.9 Å². The first-order valence-corrected chi connectivity index (χ1v) is 11.4. The molecule has 3 heterocycles. The van der Waals surface area contributed by atoms with Crippen molar-refractivity contribution < 1.29 is 23.5 Å². The predicted octanol–water partition coefficient (Wildman–Crippen LogP) is 3.83. The lowest BCUT2D eigenvalue weighted by Gasteiger charge is -2.42. The second-order valence-corrected chi connectivity index (χ2v) is 9.53. The number of thioether (sulfide) groups is 1. The zero-order chi connectivity index (χ0) is 23.2. The fourth-order valence-corrected chi connectivity index (χ4v) is 4.50. The van der Waals surface area contributed by atoms with E-state index in [1.807, 2.05) is 42.5 Å². The summed E-state index contributed by atoms with van der Waals surface area (Å²) in [6.45, 7) is 5.43. The molecule has 2 amide bonds. The molecule has 0 bridgehead atoms. The van der Waals surface area contributed by atoms with E-state index >= 15 is 0 Å². The lowest BCUT2D eigenvalue weighted by atomic mass is 9.96. The average molecular weight is 467 g/mol. The Morgan fingerprint density at radius 1 is 1.15 bits per heavy atom. The smallest absolute Gasteiger partial charge is 0.277 e. The molecule has 0 saturated carbocycles. The highest BCUT2D eigenvalue weighted by molar-refractivity contribution is 8.00. The summed E-state index contributed by atoms with van der Waals surface area (Å²) in [4.78, 5) is 27.7. The maximum absolute atomic E-state index is 13.5. The molecule has 1 aromatic heterocycles. The second-order valence-electron chi connectivity index (χ2n) is 8.23. The van der Waals surface area contributed by atoms with Crippen molar-refractivity contribution >= 4 is 35.0 Å². The Morgan fingerprint density at radius 3 is 2.70 bits per heavy atom. The Morgan fingerprint density at radius 2 is 1.88 bits per heavy atom.